The molecule has 1 aromatic heterocycles. The van der Waals surface area contributed by atoms with Gasteiger partial charge in [0, 0.05) is 12.5 Å². The molecule has 0 N–H and O–H groups in total. The van der Waals surface area contributed by atoms with E-state index in [4.69, 9.17) is 18.6 Å². The first-order valence-corrected chi connectivity index (χ1v) is 9.22. The molecule has 3 aliphatic rings. The summed E-state index contributed by atoms with van der Waals surface area (Å²) in [5.74, 6) is 0.623. The molecule has 2 atom stereocenters. The number of aryl methyl sites for hydroxylation is 1. The first kappa shape index (κ1) is 15.5. The minimum Gasteiger partial charge on any atom is -0.496 e. The molecule has 128 valence electrons. The van der Waals surface area contributed by atoms with E-state index in [-0.39, 0.29) is 17.3 Å². The Bertz CT molecular complexity index is 1070. The molecule has 2 aromatic rings. The average molecular weight is 470 g/mol. The molecule has 1 aliphatic carbocycles. The number of carbonyl (C=O) groups is 1. The fourth-order valence-electron chi connectivity index (χ4n) is 3.81. The zero-order valence-corrected chi connectivity index (χ0v) is 16.0. The van der Waals surface area contributed by atoms with E-state index in [0.29, 0.717) is 45.5 Å². The van der Waals surface area contributed by atoms with E-state index in [1.54, 1.807) is 6.07 Å². The number of ether oxygens (including phenoxy) is 3. The molecule has 0 fully saturated rings. The van der Waals surface area contributed by atoms with Crippen molar-refractivity contribution in [3.05, 3.63) is 42.3 Å². The number of methoxy groups -OCH3 is 1. The van der Waals surface area contributed by atoms with Gasteiger partial charge in [-0.15, -0.1) is 0 Å². The molecule has 0 bridgehead atoms. The standard InChI is InChI=1S/C17H10Br2O6/c1-22-7-4-8-11(12-13(18)15(19)25-17(12)23-8)14-10(7)5-2-3-6(20)9(5)16(21)24-14/h4,12,17H,2-3H2,1H3/t12-,17+/m1/s1. The predicted octanol–water partition coefficient (Wildman–Crippen LogP) is 3.72. The van der Waals surface area contributed by atoms with Crippen LogP contribution in [0.3, 0.4) is 0 Å². The Balaban J connectivity index is 1.92. The van der Waals surface area contributed by atoms with Gasteiger partial charge in [-0.1, -0.05) is 15.9 Å². The lowest BCUT2D eigenvalue weighted by atomic mass is 9.95. The van der Waals surface area contributed by atoms with Crippen LogP contribution in [0.5, 0.6) is 11.5 Å². The fraction of sp³-hybridized carbons (Fsp3) is 0.294. The van der Waals surface area contributed by atoms with Crippen LogP contribution in [0.15, 0.2) is 24.4 Å². The van der Waals surface area contributed by atoms with Gasteiger partial charge in [0.05, 0.1) is 22.5 Å². The molecule has 0 saturated carbocycles. The summed E-state index contributed by atoms with van der Waals surface area (Å²) in [5.41, 5.74) is 1.34. The molecular weight excluding hydrogens is 460 g/mol. The third-order valence-corrected chi connectivity index (χ3v) is 6.86. The molecule has 2 aliphatic heterocycles. The van der Waals surface area contributed by atoms with Gasteiger partial charge in [-0.25, -0.2) is 4.79 Å². The number of halogens is 2. The van der Waals surface area contributed by atoms with Crippen LogP contribution in [0, 0.1) is 0 Å². The van der Waals surface area contributed by atoms with Crippen molar-refractivity contribution in [3.63, 3.8) is 0 Å². The SMILES string of the molecule is COc1cc2c(c3oc(=O)c4c(c13)CCC4=O)[C@@H]1C(Br)=C(Br)O[C@@H]1O2. The first-order chi connectivity index (χ1) is 12.0. The van der Waals surface area contributed by atoms with Crippen molar-refractivity contribution in [3.8, 4) is 11.5 Å². The summed E-state index contributed by atoms with van der Waals surface area (Å²) in [5, 5.41) is 0.661. The Labute approximate surface area is 158 Å². The number of hydrogen-bond acceptors (Lipinski definition) is 6. The van der Waals surface area contributed by atoms with Crippen molar-refractivity contribution >= 4 is 48.6 Å². The van der Waals surface area contributed by atoms with Gasteiger partial charge in [0.1, 0.15) is 28.6 Å². The van der Waals surface area contributed by atoms with Gasteiger partial charge in [-0.3, -0.25) is 4.79 Å². The molecule has 1 aromatic carbocycles. The van der Waals surface area contributed by atoms with Crippen molar-refractivity contribution in [2.45, 2.75) is 25.0 Å². The van der Waals surface area contributed by atoms with Gasteiger partial charge in [-0.05, 0) is 27.9 Å². The maximum absolute atomic E-state index is 12.4. The lowest BCUT2D eigenvalue weighted by molar-refractivity contribution is -0.00816. The lowest BCUT2D eigenvalue weighted by Gasteiger charge is -2.13. The van der Waals surface area contributed by atoms with Gasteiger partial charge in [0.25, 0.3) is 6.29 Å². The Morgan fingerprint density at radius 1 is 1.20 bits per heavy atom. The van der Waals surface area contributed by atoms with E-state index in [0.717, 1.165) is 10.0 Å². The van der Waals surface area contributed by atoms with Gasteiger partial charge >= 0.3 is 5.63 Å². The van der Waals surface area contributed by atoms with E-state index in [1.807, 2.05) is 0 Å². The predicted molar refractivity (Wildman–Crippen MR) is 94.8 cm³/mol. The normalized spacial score (nSPS) is 23.4. The van der Waals surface area contributed by atoms with Crippen LogP contribution in [0.4, 0.5) is 0 Å². The monoisotopic (exact) mass is 468 g/mol. The van der Waals surface area contributed by atoms with E-state index in [1.165, 1.54) is 7.11 Å². The van der Waals surface area contributed by atoms with Crippen LogP contribution >= 0.6 is 31.9 Å². The van der Waals surface area contributed by atoms with E-state index in [9.17, 15) is 9.59 Å². The van der Waals surface area contributed by atoms with Crippen molar-refractivity contribution in [1.82, 2.24) is 0 Å². The van der Waals surface area contributed by atoms with Crippen LogP contribution in [0.1, 0.15) is 33.8 Å². The number of hydrogen-bond donors (Lipinski definition) is 0. The Morgan fingerprint density at radius 2 is 2.00 bits per heavy atom. The average Bonchev–Trinajstić information content (AvgIpc) is 3.21. The van der Waals surface area contributed by atoms with Gasteiger partial charge in [-0.2, -0.15) is 0 Å². The van der Waals surface area contributed by atoms with Crippen LogP contribution in [-0.4, -0.2) is 19.2 Å². The lowest BCUT2D eigenvalue weighted by Crippen LogP contribution is -2.16. The van der Waals surface area contributed by atoms with Crippen LogP contribution < -0.4 is 15.1 Å². The molecule has 0 unspecified atom stereocenters. The summed E-state index contributed by atoms with van der Waals surface area (Å²) in [6.45, 7) is 0. The molecule has 5 rings (SSSR count). The second-order valence-corrected chi connectivity index (χ2v) is 7.64. The molecule has 0 radical (unpaired) electrons. The Morgan fingerprint density at radius 3 is 2.76 bits per heavy atom. The molecule has 6 nitrogen and oxygen atoms in total. The van der Waals surface area contributed by atoms with E-state index in [2.05, 4.69) is 31.9 Å². The number of benzene rings is 1. The van der Waals surface area contributed by atoms with E-state index >= 15 is 0 Å². The Hall–Kier alpha value is -1.80. The highest BCUT2D eigenvalue weighted by Gasteiger charge is 2.47. The molecule has 0 saturated heterocycles. The Kier molecular flexibility index (Phi) is 3.16. The van der Waals surface area contributed by atoms with Crippen LogP contribution in [-0.2, 0) is 11.2 Å². The number of Topliss-reactive ketones (excluding diaryl/α,β-unsaturated/α-hetero) is 1. The van der Waals surface area contributed by atoms with E-state index < -0.39 is 11.9 Å². The molecular formula is C17H10Br2O6. The highest BCUT2D eigenvalue weighted by molar-refractivity contribution is 9.14. The quantitative estimate of drug-likeness (QED) is 0.592. The maximum Gasteiger partial charge on any atom is 0.347 e. The highest BCUT2D eigenvalue weighted by atomic mass is 79.9. The van der Waals surface area contributed by atoms with Crippen LogP contribution in [0.2, 0.25) is 0 Å². The number of fused-ring (bicyclic) bond motifs is 7. The number of ketones is 1. The summed E-state index contributed by atoms with van der Waals surface area (Å²) < 4.78 is 24.0. The third-order valence-electron chi connectivity index (χ3n) is 4.86. The zero-order valence-electron chi connectivity index (χ0n) is 12.9. The summed E-state index contributed by atoms with van der Waals surface area (Å²) in [4.78, 5) is 24.5. The molecule has 0 spiro atoms. The van der Waals surface area contributed by atoms with Crippen molar-refractivity contribution in [2.24, 2.45) is 0 Å². The largest absolute Gasteiger partial charge is 0.496 e. The van der Waals surface area contributed by atoms with Crippen molar-refractivity contribution < 1.29 is 23.4 Å². The van der Waals surface area contributed by atoms with Crippen LogP contribution in [0.25, 0.3) is 11.0 Å². The second-order valence-electron chi connectivity index (χ2n) is 6.06. The fourth-order valence-corrected chi connectivity index (χ4v) is 4.78. The summed E-state index contributed by atoms with van der Waals surface area (Å²) in [7, 11) is 1.54. The summed E-state index contributed by atoms with van der Waals surface area (Å²) >= 11 is 6.86. The summed E-state index contributed by atoms with van der Waals surface area (Å²) in [6, 6.07) is 1.76. The summed E-state index contributed by atoms with van der Waals surface area (Å²) in [6.07, 6.45) is 0.256. The minimum atomic E-state index is -0.609. The number of rotatable bonds is 1. The maximum atomic E-state index is 12.4. The zero-order chi connectivity index (χ0) is 17.5. The third kappa shape index (κ3) is 1.89. The smallest absolute Gasteiger partial charge is 0.347 e. The highest BCUT2D eigenvalue weighted by Crippen LogP contribution is 2.55. The van der Waals surface area contributed by atoms with Gasteiger partial charge in [0.2, 0.25) is 0 Å². The topological polar surface area (TPSA) is 75.0 Å². The van der Waals surface area contributed by atoms with Gasteiger partial charge < -0.3 is 18.6 Å². The van der Waals surface area contributed by atoms with Gasteiger partial charge in [0.15, 0.2) is 10.5 Å². The number of carbonyl (C=O) groups excluding carboxylic acids is 1. The van der Waals surface area contributed by atoms with Crippen molar-refractivity contribution in [1.29, 1.82) is 0 Å². The molecule has 8 heteroatoms. The minimum absolute atomic E-state index is 0.139. The second kappa shape index (κ2) is 5.11. The first-order valence-electron chi connectivity index (χ1n) is 7.63. The molecule has 3 heterocycles. The van der Waals surface area contributed by atoms with Crippen molar-refractivity contribution in [2.75, 3.05) is 7.11 Å². The molecule has 0 amide bonds. The molecule has 25 heavy (non-hydrogen) atoms.